The van der Waals surface area contributed by atoms with Crippen molar-refractivity contribution in [3.8, 4) is 0 Å². The molecule has 0 bridgehead atoms. The molecule has 0 aliphatic carbocycles. The first-order valence-corrected chi connectivity index (χ1v) is 3.95. The molecule has 0 aromatic carbocycles. The van der Waals surface area contributed by atoms with Crippen LogP contribution in [-0.4, -0.2) is 12.3 Å². The average Bonchev–Trinajstić information content (AvgIpc) is 2.33. The van der Waals surface area contributed by atoms with Gasteiger partial charge in [-0.1, -0.05) is 12.5 Å². The molecule has 0 saturated carbocycles. The summed E-state index contributed by atoms with van der Waals surface area (Å²) in [6.45, 7) is 7.54. The fraction of sp³-hybridized carbons (Fsp3) is 0.667. The first-order chi connectivity index (χ1) is 4.75. The van der Waals surface area contributed by atoms with Crippen molar-refractivity contribution in [2.45, 2.75) is 33.6 Å². The maximum atomic E-state index is 4.42. The van der Waals surface area contributed by atoms with E-state index < -0.39 is 0 Å². The quantitative estimate of drug-likeness (QED) is 0.526. The highest BCUT2D eigenvalue weighted by Gasteiger charge is 2.11. The summed E-state index contributed by atoms with van der Waals surface area (Å²) in [5, 5.41) is 0. The van der Waals surface area contributed by atoms with Crippen molar-refractivity contribution in [1.29, 1.82) is 0 Å². The summed E-state index contributed by atoms with van der Waals surface area (Å²) >= 11 is 0. The van der Waals surface area contributed by atoms with E-state index in [0.29, 0.717) is 0 Å². The molecule has 1 rings (SSSR count). The SMILES string of the molecule is CCC1=NCCC1=C(C)C. The minimum absolute atomic E-state index is 1.02. The standard InChI is InChI=1S/C9H15N/c1-4-9-8(7(2)3)5-6-10-9/h4-6H2,1-3H3. The molecule has 10 heavy (non-hydrogen) atoms. The van der Waals surface area contributed by atoms with Crippen LogP contribution in [-0.2, 0) is 0 Å². The van der Waals surface area contributed by atoms with Gasteiger partial charge in [-0.25, -0.2) is 0 Å². The molecule has 0 aromatic rings. The molecule has 0 atom stereocenters. The van der Waals surface area contributed by atoms with Gasteiger partial charge in [0.2, 0.25) is 0 Å². The van der Waals surface area contributed by atoms with Crippen LogP contribution in [0.3, 0.4) is 0 Å². The Kier molecular flexibility index (Phi) is 2.25. The Hall–Kier alpha value is -0.590. The van der Waals surface area contributed by atoms with Crippen molar-refractivity contribution in [1.82, 2.24) is 0 Å². The molecule has 0 fully saturated rings. The highest BCUT2D eigenvalue weighted by atomic mass is 14.8. The van der Waals surface area contributed by atoms with E-state index in [9.17, 15) is 0 Å². The second-order valence-corrected chi connectivity index (χ2v) is 2.91. The van der Waals surface area contributed by atoms with Crippen molar-refractivity contribution in [3.05, 3.63) is 11.1 Å². The Morgan fingerprint density at radius 3 is 2.60 bits per heavy atom. The van der Waals surface area contributed by atoms with Gasteiger partial charge < -0.3 is 0 Å². The zero-order valence-electron chi connectivity index (χ0n) is 7.07. The number of rotatable bonds is 1. The van der Waals surface area contributed by atoms with Crippen LogP contribution in [0.25, 0.3) is 0 Å². The lowest BCUT2D eigenvalue weighted by Crippen LogP contribution is -1.96. The predicted octanol–water partition coefficient (Wildman–Crippen LogP) is 2.58. The molecule has 56 valence electrons. The Labute approximate surface area is 62.9 Å². The van der Waals surface area contributed by atoms with Gasteiger partial charge >= 0.3 is 0 Å². The monoisotopic (exact) mass is 137 g/mol. The van der Waals surface area contributed by atoms with E-state index in [-0.39, 0.29) is 0 Å². The predicted molar refractivity (Wildman–Crippen MR) is 45.6 cm³/mol. The summed E-state index contributed by atoms with van der Waals surface area (Å²) in [4.78, 5) is 4.42. The third-order valence-electron chi connectivity index (χ3n) is 1.95. The van der Waals surface area contributed by atoms with Crippen LogP contribution < -0.4 is 0 Å². The number of hydrogen-bond donors (Lipinski definition) is 0. The minimum atomic E-state index is 1.02. The highest BCUT2D eigenvalue weighted by molar-refractivity contribution is 6.01. The van der Waals surface area contributed by atoms with Gasteiger partial charge in [-0.15, -0.1) is 0 Å². The number of aliphatic imine (C=N–C) groups is 1. The van der Waals surface area contributed by atoms with Crippen molar-refractivity contribution >= 4 is 5.71 Å². The molecule has 1 aliphatic rings. The van der Waals surface area contributed by atoms with Gasteiger partial charge in [0.25, 0.3) is 0 Å². The van der Waals surface area contributed by atoms with Crippen molar-refractivity contribution in [2.24, 2.45) is 4.99 Å². The van der Waals surface area contributed by atoms with Crippen molar-refractivity contribution in [2.75, 3.05) is 6.54 Å². The zero-order valence-corrected chi connectivity index (χ0v) is 7.07. The second kappa shape index (κ2) is 3.00. The van der Waals surface area contributed by atoms with Crippen LogP contribution in [0.15, 0.2) is 16.1 Å². The lowest BCUT2D eigenvalue weighted by Gasteiger charge is -2.01. The van der Waals surface area contributed by atoms with E-state index >= 15 is 0 Å². The van der Waals surface area contributed by atoms with Crippen LogP contribution in [0.4, 0.5) is 0 Å². The Bertz CT molecular complexity index is 183. The largest absolute Gasteiger partial charge is 0.289 e. The molecule has 1 aliphatic heterocycles. The van der Waals surface area contributed by atoms with Gasteiger partial charge in [-0.3, -0.25) is 4.99 Å². The molecular formula is C9H15N. The Morgan fingerprint density at radius 1 is 1.50 bits per heavy atom. The normalized spacial score (nSPS) is 17.5. The zero-order chi connectivity index (χ0) is 7.56. The van der Waals surface area contributed by atoms with E-state index in [1.807, 2.05) is 0 Å². The average molecular weight is 137 g/mol. The fourth-order valence-electron chi connectivity index (χ4n) is 1.41. The molecular weight excluding hydrogens is 122 g/mol. The number of allylic oxidation sites excluding steroid dienone is 1. The van der Waals surface area contributed by atoms with Gasteiger partial charge in [0, 0.05) is 12.3 Å². The molecule has 0 saturated heterocycles. The molecule has 0 N–H and O–H groups in total. The lowest BCUT2D eigenvalue weighted by molar-refractivity contribution is 1.03. The van der Waals surface area contributed by atoms with E-state index in [0.717, 1.165) is 13.0 Å². The lowest BCUT2D eigenvalue weighted by atomic mass is 10.0. The van der Waals surface area contributed by atoms with E-state index in [4.69, 9.17) is 0 Å². The highest BCUT2D eigenvalue weighted by Crippen LogP contribution is 2.18. The van der Waals surface area contributed by atoms with Crippen LogP contribution in [0.1, 0.15) is 33.6 Å². The topological polar surface area (TPSA) is 12.4 Å². The Morgan fingerprint density at radius 2 is 2.20 bits per heavy atom. The molecule has 0 aromatic heterocycles. The van der Waals surface area contributed by atoms with Gasteiger partial charge in [0.05, 0.1) is 0 Å². The number of hydrogen-bond acceptors (Lipinski definition) is 1. The fourth-order valence-corrected chi connectivity index (χ4v) is 1.41. The minimum Gasteiger partial charge on any atom is -0.289 e. The van der Waals surface area contributed by atoms with E-state index in [2.05, 4.69) is 25.8 Å². The summed E-state index contributed by atoms with van der Waals surface area (Å²) in [5.41, 5.74) is 4.28. The maximum absolute atomic E-state index is 4.42. The van der Waals surface area contributed by atoms with Gasteiger partial charge in [-0.05, 0) is 32.3 Å². The van der Waals surface area contributed by atoms with Crippen LogP contribution in [0.5, 0.6) is 0 Å². The van der Waals surface area contributed by atoms with Crippen molar-refractivity contribution < 1.29 is 0 Å². The first-order valence-electron chi connectivity index (χ1n) is 3.95. The van der Waals surface area contributed by atoms with Crippen LogP contribution >= 0.6 is 0 Å². The third kappa shape index (κ3) is 1.28. The summed E-state index contributed by atoms with van der Waals surface area (Å²) < 4.78 is 0. The molecule has 1 heteroatoms. The molecule has 1 nitrogen and oxygen atoms in total. The van der Waals surface area contributed by atoms with Gasteiger partial charge in [0.1, 0.15) is 0 Å². The van der Waals surface area contributed by atoms with Crippen LogP contribution in [0.2, 0.25) is 0 Å². The smallest absolute Gasteiger partial charge is 0.0433 e. The van der Waals surface area contributed by atoms with Gasteiger partial charge in [-0.2, -0.15) is 0 Å². The maximum Gasteiger partial charge on any atom is 0.0433 e. The Balaban J connectivity index is 2.82. The molecule has 1 heterocycles. The third-order valence-corrected chi connectivity index (χ3v) is 1.95. The second-order valence-electron chi connectivity index (χ2n) is 2.91. The summed E-state index contributed by atoms with van der Waals surface area (Å²) in [7, 11) is 0. The summed E-state index contributed by atoms with van der Waals surface area (Å²) in [6.07, 6.45) is 2.27. The first kappa shape index (κ1) is 7.52. The summed E-state index contributed by atoms with van der Waals surface area (Å²) in [5.74, 6) is 0. The van der Waals surface area contributed by atoms with Crippen LogP contribution in [0, 0.1) is 0 Å². The van der Waals surface area contributed by atoms with E-state index in [1.54, 1.807) is 0 Å². The van der Waals surface area contributed by atoms with Gasteiger partial charge in [0.15, 0.2) is 0 Å². The molecule has 0 radical (unpaired) electrons. The molecule has 0 unspecified atom stereocenters. The van der Waals surface area contributed by atoms with Crippen molar-refractivity contribution in [3.63, 3.8) is 0 Å². The van der Waals surface area contributed by atoms with E-state index in [1.165, 1.54) is 23.3 Å². The summed E-state index contributed by atoms with van der Waals surface area (Å²) in [6, 6.07) is 0. The molecule has 0 spiro atoms. The number of nitrogens with zero attached hydrogens (tertiary/aromatic N) is 1. The molecule has 0 amide bonds.